The molecule has 1 aliphatic rings. The second-order valence-corrected chi connectivity index (χ2v) is 6.22. The number of imidazole rings is 1. The number of para-hydroxylation sites is 2. The van der Waals surface area contributed by atoms with E-state index in [2.05, 4.69) is 25.8 Å². The third-order valence-electron chi connectivity index (χ3n) is 4.23. The molecule has 0 saturated heterocycles. The number of carbonyl (C=O) groups excluding carboxylic acids is 3. The van der Waals surface area contributed by atoms with Crippen LogP contribution in [0.3, 0.4) is 0 Å². The zero-order chi connectivity index (χ0) is 22.0. The standard InChI is InChI=1S/C18H13N7O6/c26-13-8-24(12-4-2-1-3-11(12)22-13)18(28)16-15(19-9-20-16)17(27)23-21-7-10-5-6-14(31-10)25(29)30/h1-7,9H,8H2,(H,19,20)(H,22,26)(H,23,27)/b21-7-. The fourth-order valence-electron chi connectivity index (χ4n) is 2.90. The number of amides is 3. The van der Waals surface area contributed by atoms with E-state index < -0.39 is 22.6 Å². The van der Waals surface area contributed by atoms with Crippen LogP contribution in [0.4, 0.5) is 17.3 Å². The first-order valence-corrected chi connectivity index (χ1v) is 8.76. The summed E-state index contributed by atoms with van der Waals surface area (Å²) >= 11 is 0. The molecule has 0 bridgehead atoms. The van der Waals surface area contributed by atoms with Crippen LogP contribution >= 0.6 is 0 Å². The number of anilines is 2. The molecule has 13 nitrogen and oxygen atoms in total. The first-order valence-electron chi connectivity index (χ1n) is 8.76. The van der Waals surface area contributed by atoms with Crippen LogP contribution in [-0.2, 0) is 4.79 Å². The lowest BCUT2D eigenvalue weighted by molar-refractivity contribution is -0.402. The average molecular weight is 423 g/mol. The first-order chi connectivity index (χ1) is 14.9. The van der Waals surface area contributed by atoms with Crippen LogP contribution < -0.4 is 15.6 Å². The van der Waals surface area contributed by atoms with Gasteiger partial charge in [-0.05, 0) is 18.2 Å². The van der Waals surface area contributed by atoms with Crippen molar-refractivity contribution in [2.24, 2.45) is 5.10 Å². The monoisotopic (exact) mass is 423 g/mol. The average Bonchev–Trinajstić information content (AvgIpc) is 3.42. The minimum Gasteiger partial charge on any atom is -0.400 e. The molecule has 4 rings (SSSR count). The van der Waals surface area contributed by atoms with Gasteiger partial charge in [-0.1, -0.05) is 12.1 Å². The summed E-state index contributed by atoms with van der Waals surface area (Å²) in [4.78, 5) is 55.0. The molecule has 0 atom stereocenters. The zero-order valence-corrected chi connectivity index (χ0v) is 15.6. The van der Waals surface area contributed by atoms with Crippen molar-refractivity contribution in [1.29, 1.82) is 0 Å². The highest BCUT2D eigenvalue weighted by atomic mass is 16.6. The fraction of sp³-hybridized carbons (Fsp3) is 0.0556. The molecule has 0 radical (unpaired) electrons. The van der Waals surface area contributed by atoms with Gasteiger partial charge in [-0.15, -0.1) is 0 Å². The third kappa shape index (κ3) is 3.87. The number of nitrogens with one attached hydrogen (secondary N) is 3. The van der Waals surface area contributed by atoms with Gasteiger partial charge in [0, 0.05) is 0 Å². The number of furan rings is 1. The molecule has 1 aromatic carbocycles. The highest BCUT2D eigenvalue weighted by molar-refractivity contribution is 6.17. The number of fused-ring (bicyclic) bond motifs is 1. The Kier molecular flexibility index (Phi) is 4.97. The molecule has 0 saturated carbocycles. The fourth-order valence-corrected chi connectivity index (χ4v) is 2.90. The molecule has 3 aromatic rings. The summed E-state index contributed by atoms with van der Waals surface area (Å²) in [6.07, 6.45) is 2.22. The number of rotatable bonds is 5. The molecular weight excluding hydrogens is 410 g/mol. The van der Waals surface area contributed by atoms with Gasteiger partial charge in [-0.3, -0.25) is 29.4 Å². The Morgan fingerprint density at radius 3 is 2.87 bits per heavy atom. The predicted molar refractivity (Wildman–Crippen MR) is 106 cm³/mol. The maximum Gasteiger partial charge on any atom is 0.433 e. The van der Waals surface area contributed by atoms with E-state index >= 15 is 0 Å². The molecule has 0 spiro atoms. The van der Waals surface area contributed by atoms with E-state index in [4.69, 9.17) is 4.42 Å². The van der Waals surface area contributed by atoms with E-state index in [-0.39, 0.29) is 29.6 Å². The number of hydrogen-bond acceptors (Lipinski definition) is 8. The van der Waals surface area contributed by atoms with Gasteiger partial charge in [0.05, 0.1) is 30.0 Å². The number of H-pyrrole nitrogens is 1. The molecule has 3 heterocycles. The van der Waals surface area contributed by atoms with Gasteiger partial charge in [0.1, 0.15) is 17.2 Å². The second kappa shape index (κ2) is 7.90. The SMILES string of the molecule is O=C1CN(C(=O)c2[nH]cnc2C(=O)N/N=C\c2ccc([N+](=O)[O-])o2)c2ccccc2N1. The number of aromatic nitrogens is 2. The Morgan fingerprint density at radius 1 is 1.29 bits per heavy atom. The first kappa shape index (κ1) is 19.5. The summed E-state index contributed by atoms with van der Waals surface area (Å²) < 4.78 is 4.88. The van der Waals surface area contributed by atoms with Crippen molar-refractivity contribution < 1.29 is 23.7 Å². The Morgan fingerprint density at radius 2 is 2.10 bits per heavy atom. The maximum absolute atomic E-state index is 13.0. The summed E-state index contributed by atoms with van der Waals surface area (Å²) in [7, 11) is 0. The molecule has 156 valence electrons. The minimum atomic E-state index is -0.809. The number of aromatic amines is 1. The van der Waals surface area contributed by atoms with Gasteiger partial charge >= 0.3 is 5.88 Å². The third-order valence-corrected chi connectivity index (χ3v) is 4.23. The normalized spacial score (nSPS) is 13.0. The number of nitro groups is 1. The smallest absolute Gasteiger partial charge is 0.400 e. The van der Waals surface area contributed by atoms with E-state index in [0.29, 0.717) is 11.4 Å². The van der Waals surface area contributed by atoms with Crippen molar-refractivity contribution >= 4 is 41.2 Å². The summed E-state index contributed by atoms with van der Waals surface area (Å²) in [6, 6.07) is 9.19. The molecule has 13 heteroatoms. The van der Waals surface area contributed by atoms with Crippen LogP contribution in [0.2, 0.25) is 0 Å². The Hall–Kier alpha value is -4.81. The molecule has 0 aliphatic carbocycles. The molecule has 0 fully saturated rings. The van der Waals surface area contributed by atoms with Gasteiger partial charge in [0.2, 0.25) is 5.91 Å². The molecule has 3 N–H and O–H groups in total. The van der Waals surface area contributed by atoms with Gasteiger partial charge in [0.25, 0.3) is 11.8 Å². The lowest BCUT2D eigenvalue weighted by Crippen LogP contribution is -2.43. The van der Waals surface area contributed by atoms with Crippen molar-refractivity contribution in [3.63, 3.8) is 0 Å². The molecule has 2 aromatic heterocycles. The van der Waals surface area contributed by atoms with Crippen molar-refractivity contribution in [3.05, 3.63) is 70.0 Å². The molecule has 0 unspecified atom stereocenters. The van der Waals surface area contributed by atoms with Crippen LogP contribution in [0.1, 0.15) is 26.7 Å². The molecule has 3 amide bonds. The number of benzene rings is 1. The van der Waals surface area contributed by atoms with E-state index in [0.717, 1.165) is 18.6 Å². The summed E-state index contributed by atoms with van der Waals surface area (Å²) in [5.74, 6) is -2.25. The summed E-state index contributed by atoms with van der Waals surface area (Å²) in [5, 5.41) is 16.9. The number of nitrogens with zero attached hydrogens (tertiary/aromatic N) is 4. The van der Waals surface area contributed by atoms with E-state index in [1.807, 2.05) is 0 Å². The van der Waals surface area contributed by atoms with E-state index in [1.54, 1.807) is 24.3 Å². The quantitative estimate of drug-likeness (QED) is 0.314. The van der Waals surface area contributed by atoms with Gasteiger partial charge in [0.15, 0.2) is 11.5 Å². The highest BCUT2D eigenvalue weighted by Crippen LogP contribution is 2.30. The number of hydrogen-bond donors (Lipinski definition) is 3. The van der Waals surface area contributed by atoms with Crippen molar-refractivity contribution in [2.75, 3.05) is 16.8 Å². The predicted octanol–water partition coefficient (Wildman–Crippen LogP) is 1.27. The highest BCUT2D eigenvalue weighted by Gasteiger charge is 2.31. The largest absolute Gasteiger partial charge is 0.433 e. The lowest BCUT2D eigenvalue weighted by Gasteiger charge is -2.28. The van der Waals surface area contributed by atoms with Gasteiger partial charge < -0.3 is 14.7 Å². The second-order valence-electron chi connectivity index (χ2n) is 6.22. The lowest BCUT2D eigenvalue weighted by atomic mass is 10.1. The van der Waals surface area contributed by atoms with Gasteiger partial charge in [-0.2, -0.15) is 5.10 Å². The molecule has 31 heavy (non-hydrogen) atoms. The molecule has 1 aliphatic heterocycles. The van der Waals surface area contributed by atoms with Crippen LogP contribution in [-0.4, -0.2) is 45.4 Å². The minimum absolute atomic E-state index is 0.0428. The number of hydrazone groups is 1. The summed E-state index contributed by atoms with van der Waals surface area (Å²) in [5.41, 5.74) is 2.74. The molecular formula is C18H13N7O6. The van der Waals surface area contributed by atoms with Gasteiger partial charge in [-0.25, -0.2) is 10.4 Å². The Labute approximate surface area is 172 Å². The zero-order valence-electron chi connectivity index (χ0n) is 15.6. The van der Waals surface area contributed by atoms with E-state index in [1.165, 1.54) is 11.0 Å². The van der Waals surface area contributed by atoms with E-state index in [9.17, 15) is 24.5 Å². The Bertz CT molecular complexity index is 1230. The van der Waals surface area contributed by atoms with Crippen molar-refractivity contribution in [2.45, 2.75) is 0 Å². The Balaban J connectivity index is 1.51. The number of carbonyl (C=O) groups is 3. The van der Waals surface area contributed by atoms with Crippen molar-refractivity contribution in [3.8, 4) is 0 Å². The summed E-state index contributed by atoms with van der Waals surface area (Å²) in [6.45, 7) is -0.231. The van der Waals surface area contributed by atoms with Crippen LogP contribution in [0, 0.1) is 10.1 Å². The maximum atomic E-state index is 13.0. The van der Waals surface area contributed by atoms with Crippen LogP contribution in [0.5, 0.6) is 0 Å². The van der Waals surface area contributed by atoms with Crippen LogP contribution in [0.15, 0.2) is 52.2 Å². The van der Waals surface area contributed by atoms with Crippen LogP contribution in [0.25, 0.3) is 0 Å². The topological polar surface area (TPSA) is 176 Å². The van der Waals surface area contributed by atoms with Crippen molar-refractivity contribution in [1.82, 2.24) is 15.4 Å².